The van der Waals surface area contributed by atoms with E-state index in [1.165, 1.54) is 0 Å². The van der Waals surface area contributed by atoms with Gasteiger partial charge in [-0.15, -0.1) is 0 Å². The molecule has 0 aliphatic rings. The zero-order valence-corrected chi connectivity index (χ0v) is 17.4. The number of amides is 1. The van der Waals surface area contributed by atoms with Gasteiger partial charge in [-0.05, 0) is 51.0 Å². The van der Waals surface area contributed by atoms with Crippen molar-refractivity contribution in [1.82, 2.24) is 9.88 Å². The summed E-state index contributed by atoms with van der Waals surface area (Å²) in [4.78, 5) is 18.5. The topological polar surface area (TPSA) is 51.7 Å². The maximum atomic E-state index is 12.4. The number of nitrogens with zero attached hydrogens (tertiary/aromatic N) is 2. The SMILES string of the molecule is COc1c(C)cnc(CN(C)C(=O)CCCOc2ccc(Cl)c(C)c2)c1C. The Labute approximate surface area is 166 Å². The van der Waals surface area contributed by atoms with Crippen molar-refractivity contribution in [1.29, 1.82) is 0 Å². The van der Waals surface area contributed by atoms with E-state index in [1.807, 2.05) is 39.0 Å². The lowest BCUT2D eigenvalue weighted by Crippen LogP contribution is -2.27. The van der Waals surface area contributed by atoms with Gasteiger partial charge >= 0.3 is 0 Å². The fraction of sp³-hybridized carbons (Fsp3) is 0.429. The second-order valence-corrected chi connectivity index (χ2v) is 7.07. The quantitative estimate of drug-likeness (QED) is 0.623. The number of hydrogen-bond acceptors (Lipinski definition) is 4. The highest BCUT2D eigenvalue weighted by Crippen LogP contribution is 2.25. The number of halogens is 1. The van der Waals surface area contributed by atoms with Crippen molar-refractivity contribution in [2.45, 2.75) is 40.2 Å². The molecule has 0 N–H and O–H groups in total. The molecule has 2 rings (SSSR count). The van der Waals surface area contributed by atoms with Gasteiger partial charge < -0.3 is 14.4 Å². The van der Waals surface area contributed by atoms with Gasteiger partial charge in [-0.2, -0.15) is 0 Å². The third-order valence-electron chi connectivity index (χ3n) is 4.50. The average Bonchev–Trinajstić information content (AvgIpc) is 2.64. The van der Waals surface area contributed by atoms with Crippen molar-refractivity contribution in [3.63, 3.8) is 0 Å². The van der Waals surface area contributed by atoms with E-state index < -0.39 is 0 Å². The fourth-order valence-electron chi connectivity index (χ4n) is 2.85. The normalized spacial score (nSPS) is 10.6. The molecule has 27 heavy (non-hydrogen) atoms. The largest absolute Gasteiger partial charge is 0.496 e. The number of pyridine rings is 1. The first-order chi connectivity index (χ1) is 12.8. The third kappa shape index (κ3) is 5.60. The number of methoxy groups -OCH3 is 1. The Morgan fingerprint density at radius 3 is 2.63 bits per heavy atom. The van der Waals surface area contributed by atoms with Crippen molar-refractivity contribution < 1.29 is 14.3 Å². The predicted molar refractivity (Wildman–Crippen MR) is 108 cm³/mol. The zero-order valence-electron chi connectivity index (χ0n) is 16.6. The van der Waals surface area contributed by atoms with Crippen LogP contribution in [0.25, 0.3) is 0 Å². The molecular formula is C21H27ClN2O3. The highest BCUT2D eigenvalue weighted by atomic mass is 35.5. The van der Waals surface area contributed by atoms with Crippen LogP contribution < -0.4 is 9.47 Å². The summed E-state index contributed by atoms with van der Waals surface area (Å²) in [6.45, 7) is 6.80. The monoisotopic (exact) mass is 390 g/mol. The van der Waals surface area contributed by atoms with Crippen LogP contribution in [0.15, 0.2) is 24.4 Å². The second kappa shape index (κ2) is 9.60. The molecule has 0 spiro atoms. The summed E-state index contributed by atoms with van der Waals surface area (Å²) in [5, 5.41) is 0.718. The van der Waals surface area contributed by atoms with Gasteiger partial charge in [-0.1, -0.05) is 11.6 Å². The molecule has 0 radical (unpaired) electrons. The van der Waals surface area contributed by atoms with Crippen molar-refractivity contribution >= 4 is 17.5 Å². The number of carbonyl (C=O) groups is 1. The van der Waals surface area contributed by atoms with Crippen LogP contribution in [-0.4, -0.2) is 36.6 Å². The maximum absolute atomic E-state index is 12.4. The Bertz CT molecular complexity index is 808. The smallest absolute Gasteiger partial charge is 0.222 e. The molecule has 0 unspecified atom stereocenters. The van der Waals surface area contributed by atoms with E-state index in [4.69, 9.17) is 21.1 Å². The number of ether oxygens (including phenoxy) is 2. The summed E-state index contributed by atoms with van der Waals surface area (Å²) in [6.07, 6.45) is 2.85. The van der Waals surface area contributed by atoms with Crippen LogP contribution in [0, 0.1) is 20.8 Å². The summed E-state index contributed by atoms with van der Waals surface area (Å²) in [5.74, 6) is 1.66. The summed E-state index contributed by atoms with van der Waals surface area (Å²) in [6, 6.07) is 5.55. The van der Waals surface area contributed by atoms with Gasteiger partial charge in [0.05, 0.1) is 26.0 Å². The summed E-state index contributed by atoms with van der Waals surface area (Å²) in [5.41, 5.74) is 3.78. The van der Waals surface area contributed by atoms with Gasteiger partial charge in [0.2, 0.25) is 5.91 Å². The first-order valence-corrected chi connectivity index (χ1v) is 9.33. The highest BCUT2D eigenvalue weighted by molar-refractivity contribution is 6.31. The lowest BCUT2D eigenvalue weighted by molar-refractivity contribution is -0.130. The molecule has 1 heterocycles. The Morgan fingerprint density at radius 2 is 1.96 bits per heavy atom. The highest BCUT2D eigenvalue weighted by Gasteiger charge is 2.14. The summed E-state index contributed by atoms with van der Waals surface area (Å²) in [7, 11) is 3.44. The van der Waals surface area contributed by atoms with Crippen molar-refractivity contribution in [2.75, 3.05) is 20.8 Å². The summed E-state index contributed by atoms with van der Waals surface area (Å²) >= 11 is 6.00. The fourth-order valence-corrected chi connectivity index (χ4v) is 2.97. The minimum atomic E-state index is 0.0617. The molecule has 5 nitrogen and oxygen atoms in total. The number of hydrogen-bond donors (Lipinski definition) is 0. The minimum absolute atomic E-state index is 0.0617. The van der Waals surface area contributed by atoms with Gasteiger partial charge in [-0.25, -0.2) is 0 Å². The molecule has 1 amide bonds. The molecular weight excluding hydrogens is 364 g/mol. The Kier molecular flexibility index (Phi) is 7.48. The predicted octanol–water partition coefficient (Wildman–Crippen LogP) is 4.49. The van der Waals surface area contributed by atoms with E-state index in [2.05, 4.69) is 4.98 Å². The first kappa shape index (κ1) is 21.0. The van der Waals surface area contributed by atoms with Gasteiger partial charge in [0.25, 0.3) is 0 Å². The summed E-state index contributed by atoms with van der Waals surface area (Å²) < 4.78 is 11.1. The van der Waals surface area contributed by atoms with E-state index >= 15 is 0 Å². The molecule has 2 aromatic rings. The molecule has 0 fully saturated rings. The van der Waals surface area contributed by atoms with E-state index in [0.29, 0.717) is 26.0 Å². The molecule has 146 valence electrons. The Hall–Kier alpha value is -2.27. The Morgan fingerprint density at radius 1 is 1.22 bits per heavy atom. The Balaban J connectivity index is 1.83. The number of benzene rings is 1. The van der Waals surface area contributed by atoms with Crippen LogP contribution >= 0.6 is 11.6 Å². The van der Waals surface area contributed by atoms with Crippen molar-refractivity contribution in [2.24, 2.45) is 0 Å². The number of aryl methyl sites for hydroxylation is 2. The second-order valence-electron chi connectivity index (χ2n) is 6.66. The number of carbonyl (C=O) groups excluding carboxylic acids is 1. The number of aromatic nitrogens is 1. The van der Waals surface area contributed by atoms with Crippen LogP contribution in [0.1, 0.15) is 35.2 Å². The molecule has 1 aromatic heterocycles. The van der Waals surface area contributed by atoms with Crippen molar-refractivity contribution in [3.05, 3.63) is 51.8 Å². The van der Waals surface area contributed by atoms with Crippen LogP contribution in [0.4, 0.5) is 0 Å². The van der Waals surface area contributed by atoms with E-state index in [0.717, 1.165) is 38.9 Å². The van der Waals surface area contributed by atoms with Gasteiger partial charge in [0.1, 0.15) is 11.5 Å². The molecule has 0 aliphatic carbocycles. The third-order valence-corrected chi connectivity index (χ3v) is 4.92. The van der Waals surface area contributed by atoms with Crippen molar-refractivity contribution in [3.8, 4) is 11.5 Å². The molecule has 0 atom stereocenters. The lowest BCUT2D eigenvalue weighted by atomic mass is 10.1. The number of rotatable bonds is 8. The van der Waals surface area contributed by atoms with Crippen LogP contribution in [0.3, 0.4) is 0 Å². The van der Waals surface area contributed by atoms with E-state index in [1.54, 1.807) is 25.3 Å². The minimum Gasteiger partial charge on any atom is -0.496 e. The molecule has 6 heteroatoms. The van der Waals surface area contributed by atoms with Gasteiger partial charge in [0.15, 0.2) is 0 Å². The van der Waals surface area contributed by atoms with Gasteiger partial charge in [-0.3, -0.25) is 9.78 Å². The average molecular weight is 391 g/mol. The molecule has 0 saturated heterocycles. The van der Waals surface area contributed by atoms with Gasteiger partial charge in [0, 0.05) is 35.8 Å². The standard InChI is InChI=1S/C21H27ClN2O3/c1-14-11-17(8-9-18(14)22)27-10-6-7-20(25)24(4)13-19-16(3)21(26-5)15(2)12-23-19/h8-9,11-12H,6-7,10,13H2,1-5H3. The molecule has 0 aliphatic heterocycles. The van der Waals surface area contributed by atoms with Crippen LogP contribution in [0.2, 0.25) is 5.02 Å². The molecule has 1 aromatic carbocycles. The lowest BCUT2D eigenvalue weighted by Gasteiger charge is -2.19. The van der Waals surface area contributed by atoms with E-state index in [-0.39, 0.29) is 5.91 Å². The molecule has 0 bridgehead atoms. The first-order valence-electron chi connectivity index (χ1n) is 8.95. The molecule has 0 saturated carbocycles. The zero-order chi connectivity index (χ0) is 20.0. The van der Waals surface area contributed by atoms with Crippen LogP contribution in [0.5, 0.6) is 11.5 Å². The maximum Gasteiger partial charge on any atom is 0.222 e. The van der Waals surface area contributed by atoms with Crippen LogP contribution in [-0.2, 0) is 11.3 Å². The van der Waals surface area contributed by atoms with E-state index in [9.17, 15) is 4.79 Å².